The molecule has 0 aromatic carbocycles. The molecule has 0 amide bonds. The number of hydrogen-bond acceptors (Lipinski definition) is 4. The smallest absolute Gasteiger partial charge is 0.0558 e. The van der Waals surface area contributed by atoms with Crippen LogP contribution in [0.3, 0.4) is 0 Å². The van der Waals surface area contributed by atoms with Crippen molar-refractivity contribution >= 4 is 0 Å². The molecule has 200 valence electrons. The lowest BCUT2D eigenvalue weighted by molar-refractivity contribution is 0.152. The highest BCUT2D eigenvalue weighted by Gasteiger charge is 2.07. The molecule has 4 nitrogen and oxygen atoms in total. The molecule has 2 N–H and O–H groups in total. The van der Waals surface area contributed by atoms with Crippen molar-refractivity contribution in [3.05, 3.63) is 0 Å². The molecule has 0 radical (unpaired) electrons. The van der Waals surface area contributed by atoms with Gasteiger partial charge in [0.1, 0.15) is 0 Å². The van der Waals surface area contributed by atoms with Crippen LogP contribution in [0.4, 0.5) is 0 Å². The Morgan fingerprint density at radius 1 is 0.333 bits per heavy atom. The highest BCUT2D eigenvalue weighted by atomic mass is 16.3. The predicted octanol–water partition coefficient (Wildman–Crippen LogP) is 7.03. The Bertz CT molecular complexity index is 349. The molecule has 33 heavy (non-hydrogen) atoms. The summed E-state index contributed by atoms with van der Waals surface area (Å²) in [6.45, 7) is 10.8. The van der Waals surface area contributed by atoms with Crippen LogP contribution >= 0.6 is 0 Å². The van der Waals surface area contributed by atoms with Gasteiger partial charge in [-0.2, -0.15) is 0 Å². The van der Waals surface area contributed by atoms with Crippen LogP contribution in [0.1, 0.15) is 136 Å². The summed E-state index contributed by atoms with van der Waals surface area (Å²) in [7, 11) is 0. The molecule has 0 aliphatic carbocycles. The van der Waals surface area contributed by atoms with Crippen molar-refractivity contribution in [3.8, 4) is 0 Å². The van der Waals surface area contributed by atoms with Crippen molar-refractivity contribution in [2.24, 2.45) is 0 Å². The molecule has 0 aliphatic rings. The van der Waals surface area contributed by atoms with Gasteiger partial charge < -0.3 is 15.1 Å². The molecule has 0 unspecified atom stereocenters. The summed E-state index contributed by atoms with van der Waals surface area (Å²) in [5, 5.41) is 18.3. The van der Waals surface area contributed by atoms with Gasteiger partial charge in [0.05, 0.1) is 13.2 Å². The first kappa shape index (κ1) is 32.8. The van der Waals surface area contributed by atoms with E-state index in [9.17, 15) is 0 Å². The second-order valence-electron chi connectivity index (χ2n) is 10.1. The summed E-state index contributed by atoms with van der Waals surface area (Å²) in [6, 6.07) is 0. The summed E-state index contributed by atoms with van der Waals surface area (Å²) in [6.07, 6.45) is 26.5. The van der Waals surface area contributed by atoms with Crippen molar-refractivity contribution in [1.82, 2.24) is 9.80 Å². The van der Waals surface area contributed by atoms with Gasteiger partial charge in [-0.15, -0.1) is 0 Å². The van der Waals surface area contributed by atoms with E-state index in [2.05, 4.69) is 23.6 Å². The van der Waals surface area contributed by atoms with Crippen molar-refractivity contribution in [1.29, 1.82) is 0 Å². The average molecular weight is 471 g/mol. The highest BCUT2D eigenvalue weighted by molar-refractivity contribution is 4.63. The second-order valence-corrected chi connectivity index (χ2v) is 10.1. The average Bonchev–Trinajstić information content (AvgIpc) is 2.82. The third-order valence-electron chi connectivity index (χ3n) is 6.94. The normalized spacial score (nSPS) is 11.8. The minimum atomic E-state index is 0.179. The van der Waals surface area contributed by atoms with Crippen LogP contribution in [0.25, 0.3) is 0 Å². The number of nitrogens with zero attached hydrogens (tertiary/aromatic N) is 2. The Kier molecular flexibility index (Phi) is 27.9. The summed E-state index contributed by atoms with van der Waals surface area (Å²) >= 11 is 0. The lowest BCUT2D eigenvalue weighted by atomic mass is 10.0. The topological polar surface area (TPSA) is 46.9 Å². The summed E-state index contributed by atoms with van der Waals surface area (Å²) in [5.41, 5.74) is 0. The maximum atomic E-state index is 9.16. The van der Waals surface area contributed by atoms with Crippen LogP contribution in [0.5, 0.6) is 0 Å². The number of aliphatic hydroxyl groups is 2. The maximum Gasteiger partial charge on any atom is 0.0558 e. The van der Waals surface area contributed by atoms with Gasteiger partial charge in [0, 0.05) is 13.1 Å². The molecule has 0 saturated carbocycles. The van der Waals surface area contributed by atoms with Crippen LogP contribution in [0.15, 0.2) is 0 Å². The van der Waals surface area contributed by atoms with Crippen LogP contribution < -0.4 is 0 Å². The van der Waals surface area contributed by atoms with Crippen LogP contribution in [-0.4, -0.2) is 72.5 Å². The largest absolute Gasteiger partial charge is 0.395 e. The van der Waals surface area contributed by atoms with E-state index in [1.807, 2.05) is 0 Å². The number of rotatable bonds is 28. The van der Waals surface area contributed by atoms with E-state index in [4.69, 9.17) is 10.2 Å². The van der Waals surface area contributed by atoms with Crippen molar-refractivity contribution in [3.63, 3.8) is 0 Å². The Labute approximate surface area is 208 Å². The Morgan fingerprint density at radius 2 is 0.636 bits per heavy atom. The van der Waals surface area contributed by atoms with Gasteiger partial charge in [-0.05, 0) is 45.4 Å². The monoisotopic (exact) mass is 470 g/mol. The maximum absolute atomic E-state index is 9.16. The molecule has 0 aliphatic heterocycles. The minimum Gasteiger partial charge on any atom is -0.395 e. The van der Waals surface area contributed by atoms with Gasteiger partial charge in [-0.3, -0.25) is 4.90 Å². The molecule has 4 heteroatoms. The molecule has 0 saturated heterocycles. The lowest BCUT2D eigenvalue weighted by Crippen LogP contribution is -2.34. The van der Waals surface area contributed by atoms with Crippen LogP contribution in [0.2, 0.25) is 0 Å². The fraction of sp³-hybridized carbons (Fsp3) is 1.00. The van der Waals surface area contributed by atoms with E-state index < -0.39 is 0 Å². The predicted molar refractivity (Wildman–Crippen MR) is 146 cm³/mol. The highest BCUT2D eigenvalue weighted by Crippen LogP contribution is 2.14. The molecule has 0 atom stereocenters. The molecule has 0 aromatic rings. The quantitative estimate of drug-likeness (QED) is 0.121. The molecule has 0 fully saturated rings. The summed E-state index contributed by atoms with van der Waals surface area (Å²) < 4.78 is 0. The van der Waals surface area contributed by atoms with Crippen LogP contribution in [-0.2, 0) is 0 Å². The zero-order chi connectivity index (χ0) is 24.2. The van der Waals surface area contributed by atoms with E-state index >= 15 is 0 Å². The molecule has 0 bridgehead atoms. The third kappa shape index (κ3) is 24.8. The van der Waals surface area contributed by atoms with Crippen molar-refractivity contribution in [2.75, 3.05) is 52.5 Å². The molecule has 0 heterocycles. The van der Waals surface area contributed by atoms with Crippen molar-refractivity contribution < 1.29 is 10.2 Å². The number of aliphatic hydroxyl groups excluding tert-OH is 2. The Morgan fingerprint density at radius 3 is 1.03 bits per heavy atom. The SMILES string of the molecule is CCCCCCCCCCCCCCCCCCN(CCCC)CCCN(CCO)CCO. The third-order valence-corrected chi connectivity index (χ3v) is 6.94. The Balaban J connectivity index is 3.59. The summed E-state index contributed by atoms with van der Waals surface area (Å²) in [4.78, 5) is 4.82. The van der Waals surface area contributed by atoms with Gasteiger partial charge in [-0.1, -0.05) is 117 Å². The van der Waals surface area contributed by atoms with Gasteiger partial charge >= 0.3 is 0 Å². The molecular weight excluding hydrogens is 408 g/mol. The standard InChI is InChI=1S/C29H62N2O2/c1-3-5-7-8-9-10-11-12-13-14-15-16-17-18-19-20-23-30(22-6-4-2)24-21-25-31(26-28-32)27-29-33/h32-33H,3-29H2,1-2H3. The summed E-state index contributed by atoms with van der Waals surface area (Å²) in [5.74, 6) is 0. The van der Waals surface area contributed by atoms with Gasteiger partial charge in [0.15, 0.2) is 0 Å². The Hall–Kier alpha value is -0.160. The van der Waals surface area contributed by atoms with E-state index in [0.717, 1.165) is 19.5 Å². The van der Waals surface area contributed by atoms with E-state index in [0.29, 0.717) is 13.1 Å². The minimum absolute atomic E-state index is 0.179. The lowest BCUT2D eigenvalue weighted by Gasteiger charge is -2.25. The van der Waals surface area contributed by atoms with Gasteiger partial charge in [-0.25, -0.2) is 0 Å². The van der Waals surface area contributed by atoms with Gasteiger partial charge in [0.2, 0.25) is 0 Å². The second kappa shape index (κ2) is 28.1. The molecular formula is C29H62N2O2. The molecule has 0 aromatic heterocycles. The van der Waals surface area contributed by atoms with E-state index in [1.54, 1.807) is 0 Å². The molecule has 0 rings (SSSR count). The first-order valence-corrected chi connectivity index (χ1v) is 14.9. The zero-order valence-corrected chi connectivity index (χ0v) is 22.9. The number of unbranched alkanes of at least 4 members (excludes halogenated alkanes) is 16. The van der Waals surface area contributed by atoms with E-state index in [1.165, 1.54) is 129 Å². The fourth-order valence-electron chi connectivity index (χ4n) is 4.74. The fourth-order valence-corrected chi connectivity index (χ4v) is 4.74. The van der Waals surface area contributed by atoms with Crippen molar-refractivity contribution in [2.45, 2.75) is 136 Å². The first-order chi connectivity index (χ1) is 16.3. The first-order valence-electron chi connectivity index (χ1n) is 14.9. The van der Waals surface area contributed by atoms with Gasteiger partial charge in [0.25, 0.3) is 0 Å². The number of hydrogen-bond donors (Lipinski definition) is 2. The molecule has 0 spiro atoms. The van der Waals surface area contributed by atoms with Crippen LogP contribution in [0, 0.1) is 0 Å². The zero-order valence-electron chi connectivity index (χ0n) is 22.9. The van der Waals surface area contributed by atoms with E-state index in [-0.39, 0.29) is 13.2 Å².